The first-order valence-corrected chi connectivity index (χ1v) is 4.62. The molecule has 0 aliphatic carbocycles. The van der Waals surface area contributed by atoms with Crippen molar-refractivity contribution in [3.63, 3.8) is 0 Å². The highest BCUT2D eigenvalue weighted by Gasteiger charge is 2.00. The molecule has 66 valence electrons. The van der Waals surface area contributed by atoms with Gasteiger partial charge in [-0.05, 0) is 23.6 Å². The number of nitrogen functional groups attached to an aromatic ring is 1. The monoisotopic (exact) mass is 192 g/mol. The molecule has 2 aromatic heterocycles. The van der Waals surface area contributed by atoms with Gasteiger partial charge in [0.1, 0.15) is 5.69 Å². The second-order valence-electron chi connectivity index (χ2n) is 2.43. The zero-order valence-electron chi connectivity index (χ0n) is 6.77. The summed E-state index contributed by atoms with van der Waals surface area (Å²) in [5, 5.41) is 9.89. The summed E-state index contributed by atoms with van der Waals surface area (Å²) < 4.78 is 0. The van der Waals surface area contributed by atoms with E-state index in [0.29, 0.717) is 5.82 Å². The lowest BCUT2D eigenvalue weighted by atomic mass is 10.3. The highest BCUT2D eigenvalue weighted by atomic mass is 32.1. The van der Waals surface area contributed by atoms with Gasteiger partial charge in [0.05, 0.1) is 4.88 Å². The Hall–Kier alpha value is -1.46. The molecule has 0 radical (unpaired) electrons. The number of hydrogen-bond acceptors (Lipinski definition) is 5. The van der Waals surface area contributed by atoms with E-state index in [1.807, 2.05) is 23.6 Å². The topological polar surface area (TPSA) is 63.8 Å². The smallest absolute Gasteiger partial charge is 0.162 e. The third-order valence-corrected chi connectivity index (χ3v) is 2.48. The van der Waals surface area contributed by atoms with Crippen molar-refractivity contribution in [3.05, 3.63) is 29.6 Å². The Balaban J connectivity index is 2.33. The van der Waals surface area contributed by atoms with Gasteiger partial charge in [-0.1, -0.05) is 6.07 Å². The van der Waals surface area contributed by atoms with E-state index >= 15 is 0 Å². The summed E-state index contributed by atoms with van der Waals surface area (Å²) in [5.41, 5.74) is 3.30. The Morgan fingerprint density at radius 3 is 2.69 bits per heavy atom. The third-order valence-electron chi connectivity index (χ3n) is 1.59. The summed E-state index contributed by atoms with van der Waals surface area (Å²) >= 11 is 1.64. The minimum Gasteiger partial charge on any atom is -0.307 e. The van der Waals surface area contributed by atoms with E-state index in [2.05, 4.69) is 15.6 Å². The first-order chi connectivity index (χ1) is 6.40. The Morgan fingerprint density at radius 2 is 2.15 bits per heavy atom. The number of rotatable bonds is 2. The summed E-state index contributed by atoms with van der Waals surface area (Å²) in [4.78, 5) is 1.11. The number of nitrogens with two attached hydrogens (primary N) is 1. The molecule has 0 saturated heterocycles. The van der Waals surface area contributed by atoms with E-state index in [-0.39, 0.29) is 0 Å². The van der Waals surface area contributed by atoms with Crippen LogP contribution in [-0.2, 0) is 0 Å². The Labute approximate surface area is 79.4 Å². The predicted octanol–water partition coefficient (Wildman–Crippen LogP) is 1.49. The van der Waals surface area contributed by atoms with Crippen LogP contribution in [-0.4, -0.2) is 10.2 Å². The zero-order valence-corrected chi connectivity index (χ0v) is 7.58. The molecule has 3 N–H and O–H groups in total. The lowest BCUT2D eigenvalue weighted by Gasteiger charge is -1.97. The minimum atomic E-state index is 0.570. The molecule has 4 nitrogen and oxygen atoms in total. The molecule has 0 atom stereocenters. The lowest BCUT2D eigenvalue weighted by Crippen LogP contribution is -2.08. The second-order valence-corrected chi connectivity index (χ2v) is 3.37. The number of aromatic nitrogens is 2. The van der Waals surface area contributed by atoms with Crippen molar-refractivity contribution in [3.8, 4) is 10.6 Å². The van der Waals surface area contributed by atoms with Crippen LogP contribution in [0.25, 0.3) is 10.6 Å². The maximum absolute atomic E-state index is 5.17. The van der Waals surface area contributed by atoms with Crippen molar-refractivity contribution >= 4 is 17.2 Å². The van der Waals surface area contributed by atoms with Gasteiger partial charge >= 0.3 is 0 Å². The first-order valence-electron chi connectivity index (χ1n) is 3.74. The molecule has 0 amide bonds. The van der Waals surface area contributed by atoms with Crippen LogP contribution in [0.15, 0.2) is 29.6 Å². The number of nitrogens with one attached hydrogen (secondary N) is 1. The fourth-order valence-corrected chi connectivity index (χ4v) is 1.66. The van der Waals surface area contributed by atoms with Gasteiger partial charge in [0.2, 0.25) is 0 Å². The average molecular weight is 192 g/mol. The number of anilines is 1. The van der Waals surface area contributed by atoms with E-state index in [4.69, 9.17) is 5.84 Å². The molecule has 2 heterocycles. The second kappa shape index (κ2) is 3.51. The molecule has 0 unspecified atom stereocenters. The zero-order chi connectivity index (χ0) is 9.10. The summed E-state index contributed by atoms with van der Waals surface area (Å²) in [6.45, 7) is 0. The van der Waals surface area contributed by atoms with Gasteiger partial charge in [0.25, 0.3) is 0 Å². The molecule has 0 aliphatic rings. The first kappa shape index (κ1) is 8.15. The summed E-state index contributed by atoms with van der Waals surface area (Å²) in [5.74, 6) is 5.74. The number of nitrogens with zero attached hydrogens (tertiary/aromatic N) is 2. The van der Waals surface area contributed by atoms with Crippen molar-refractivity contribution in [2.45, 2.75) is 0 Å². The van der Waals surface area contributed by atoms with Crippen LogP contribution in [0, 0.1) is 0 Å². The van der Waals surface area contributed by atoms with Crippen LogP contribution in [0.4, 0.5) is 5.82 Å². The van der Waals surface area contributed by atoms with Crippen LogP contribution < -0.4 is 11.3 Å². The molecule has 0 fully saturated rings. The highest BCUT2D eigenvalue weighted by Crippen LogP contribution is 2.21. The lowest BCUT2D eigenvalue weighted by molar-refractivity contribution is 1.03. The van der Waals surface area contributed by atoms with E-state index < -0.39 is 0 Å². The number of hydrogen-bond donors (Lipinski definition) is 2. The van der Waals surface area contributed by atoms with Gasteiger partial charge in [-0.2, -0.15) is 0 Å². The van der Waals surface area contributed by atoms with Gasteiger partial charge < -0.3 is 5.43 Å². The average Bonchev–Trinajstić information content (AvgIpc) is 2.71. The maximum atomic E-state index is 5.17. The molecule has 13 heavy (non-hydrogen) atoms. The van der Waals surface area contributed by atoms with Crippen LogP contribution >= 0.6 is 11.3 Å². The highest BCUT2D eigenvalue weighted by molar-refractivity contribution is 7.13. The van der Waals surface area contributed by atoms with Gasteiger partial charge in [-0.25, -0.2) is 5.84 Å². The third kappa shape index (κ3) is 1.66. The summed E-state index contributed by atoms with van der Waals surface area (Å²) in [6.07, 6.45) is 0. The van der Waals surface area contributed by atoms with E-state index in [0.717, 1.165) is 10.6 Å². The van der Waals surface area contributed by atoms with E-state index in [1.54, 1.807) is 17.4 Å². The standard InChI is InChI=1S/C8H8N4S/c9-10-8-4-3-6(11-12-8)7-2-1-5-13-7/h1-5H,9H2,(H,10,12). The van der Waals surface area contributed by atoms with Gasteiger partial charge in [-0.15, -0.1) is 21.5 Å². The van der Waals surface area contributed by atoms with Gasteiger partial charge in [0.15, 0.2) is 5.82 Å². The van der Waals surface area contributed by atoms with Crippen molar-refractivity contribution in [2.75, 3.05) is 5.43 Å². The van der Waals surface area contributed by atoms with Crippen LogP contribution in [0.2, 0.25) is 0 Å². The fourth-order valence-electron chi connectivity index (χ4n) is 0.965. The predicted molar refractivity (Wildman–Crippen MR) is 53.2 cm³/mol. The molecule has 0 saturated carbocycles. The molecule has 0 aliphatic heterocycles. The van der Waals surface area contributed by atoms with Crippen molar-refractivity contribution in [1.82, 2.24) is 10.2 Å². The molecule has 5 heteroatoms. The normalized spacial score (nSPS) is 9.92. The minimum absolute atomic E-state index is 0.570. The Bertz CT molecular complexity index is 368. The SMILES string of the molecule is NNc1ccc(-c2cccs2)nn1. The fraction of sp³-hybridized carbons (Fsp3) is 0. The Kier molecular flexibility index (Phi) is 2.20. The molecule has 0 aromatic carbocycles. The molecular weight excluding hydrogens is 184 g/mol. The van der Waals surface area contributed by atoms with Gasteiger partial charge in [0, 0.05) is 0 Å². The van der Waals surface area contributed by atoms with Crippen molar-refractivity contribution in [1.29, 1.82) is 0 Å². The van der Waals surface area contributed by atoms with Crippen molar-refractivity contribution < 1.29 is 0 Å². The van der Waals surface area contributed by atoms with E-state index in [1.165, 1.54) is 0 Å². The quantitative estimate of drug-likeness (QED) is 0.559. The van der Waals surface area contributed by atoms with Crippen LogP contribution in [0.3, 0.4) is 0 Å². The van der Waals surface area contributed by atoms with E-state index in [9.17, 15) is 0 Å². The maximum Gasteiger partial charge on any atom is 0.162 e. The molecule has 2 rings (SSSR count). The van der Waals surface area contributed by atoms with Gasteiger partial charge in [-0.3, -0.25) is 0 Å². The van der Waals surface area contributed by atoms with Crippen molar-refractivity contribution in [2.24, 2.45) is 5.84 Å². The largest absolute Gasteiger partial charge is 0.307 e. The number of thiophene rings is 1. The molecule has 0 spiro atoms. The molecule has 0 bridgehead atoms. The van der Waals surface area contributed by atoms with Crippen LogP contribution in [0.1, 0.15) is 0 Å². The summed E-state index contributed by atoms with van der Waals surface area (Å²) in [6, 6.07) is 7.66. The summed E-state index contributed by atoms with van der Waals surface area (Å²) in [7, 11) is 0. The molecular formula is C8H8N4S. The molecule has 2 aromatic rings. The number of hydrazine groups is 1. The Morgan fingerprint density at radius 1 is 1.23 bits per heavy atom. The van der Waals surface area contributed by atoms with Crippen LogP contribution in [0.5, 0.6) is 0 Å².